The fraction of sp³-hybridized carbons (Fsp3) is 0.588. The van der Waals surface area contributed by atoms with Crippen LogP contribution >= 0.6 is 0 Å². The fourth-order valence-corrected chi connectivity index (χ4v) is 5.51. The van der Waals surface area contributed by atoms with Crippen molar-refractivity contribution in [3.63, 3.8) is 0 Å². The average molecular weight is 518 g/mol. The molecule has 2 aromatic rings. The molecular weight excluding hydrogens is 470 g/mol. The number of esters is 1. The second kappa shape index (κ2) is 16.9. The molecule has 2 aromatic carbocycles. The molecule has 38 heavy (non-hydrogen) atoms. The highest BCUT2D eigenvalue weighted by Crippen LogP contribution is 2.34. The average Bonchev–Trinajstić information content (AvgIpc) is 2.95. The van der Waals surface area contributed by atoms with Crippen LogP contribution in [-0.4, -0.2) is 12.6 Å². The Morgan fingerprint density at radius 1 is 0.842 bits per heavy atom. The number of aryl methyl sites for hydroxylation is 1. The zero-order chi connectivity index (χ0) is 27.0. The Balaban J connectivity index is 1.44. The van der Waals surface area contributed by atoms with Crippen molar-refractivity contribution >= 4 is 5.97 Å². The van der Waals surface area contributed by atoms with Gasteiger partial charge in [-0.15, -0.1) is 0 Å². The Kier molecular flexibility index (Phi) is 13.2. The van der Waals surface area contributed by atoms with E-state index in [2.05, 4.69) is 19.9 Å². The normalized spacial score (nSPS) is 17.1. The Morgan fingerprint density at radius 3 is 2.18 bits per heavy atom. The van der Waals surface area contributed by atoms with Crippen molar-refractivity contribution in [2.24, 2.45) is 11.8 Å². The van der Waals surface area contributed by atoms with E-state index in [1.807, 2.05) is 12.1 Å². The lowest BCUT2D eigenvalue weighted by atomic mass is 9.78. The Labute approximate surface area is 230 Å². The SMILES string of the molecule is CCCCCCCOc1ccc(C(=O)Oc2ccc(CCC3CCC(CCCCC)CC3)cc2C#N)cc1. The summed E-state index contributed by atoms with van der Waals surface area (Å²) in [6.07, 6.45) is 19.0. The van der Waals surface area contributed by atoms with Crippen molar-refractivity contribution in [2.75, 3.05) is 6.61 Å². The first-order valence-corrected chi connectivity index (χ1v) is 15.1. The van der Waals surface area contributed by atoms with Gasteiger partial charge in [-0.25, -0.2) is 4.79 Å². The molecule has 1 saturated carbocycles. The summed E-state index contributed by atoms with van der Waals surface area (Å²) in [5, 5.41) is 9.69. The molecule has 0 N–H and O–H groups in total. The second-order valence-electron chi connectivity index (χ2n) is 11.0. The lowest BCUT2D eigenvalue weighted by Gasteiger charge is -2.28. The monoisotopic (exact) mass is 517 g/mol. The lowest BCUT2D eigenvalue weighted by Crippen LogP contribution is -2.15. The molecule has 1 fully saturated rings. The third kappa shape index (κ3) is 10.2. The van der Waals surface area contributed by atoms with Gasteiger partial charge in [0.1, 0.15) is 17.6 Å². The molecule has 4 nitrogen and oxygen atoms in total. The van der Waals surface area contributed by atoms with Gasteiger partial charge in [0.15, 0.2) is 0 Å². The highest BCUT2D eigenvalue weighted by molar-refractivity contribution is 5.91. The highest BCUT2D eigenvalue weighted by Gasteiger charge is 2.21. The number of unbranched alkanes of at least 4 members (excludes halogenated alkanes) is 6. The van der Waals surface area contributed by atoms with Crippen LogP contribution in [0.5, 0.6) is 11.5 Å². The van der Waals surface area contributed by atoms with Crippen LogP contribution in [0, 0.1) is 23.2 Å². The summed E-state index contributed by atoms with van der Waals surface area (Å²) in [4.78, 5) is 12.7. The van der Waals surface area contributed by atoms with Crippen molar-refractivity contribution in [3.8, 4) is 17.6 Å². The van der Waals surface area contributed by atoms with Crippen LogP contribution in [0.25, 0.3) is 0 Å². The van der Waals surface area contributed by atoms with E-state index in [0.717, 1.165) is 36.0 Å². The standard InChI is InChI=1S/C34H47NO3/c1-3-5-7-8-10-24-37-32-21-19-30(20-22-32)34(36)38-33-23-18-29(25-31(33)26-35)17-16-28-14-12-27(13-15-28)11-9-6-4-2/h18-23,25,27-28H,3-17,24H2,1-2H3. The number of hydrogen-bond donors (Lipinski definition) is 0. The molecule has 0 aromatic heterocycles. The summed E-state index contributed by atoms with van der Waals surface area (Å²) >= 11 is 0. The molecule has 206 valence electrons. The van der Waals surface area contributed by atoms with Crippen LogP contribution in [0.2, 0.25) is 0 Å². The second-order valence-corrected chi connectivity index (χ2v) is 11.0. The van der Waals surface area contributed by atoms with Crippen molar-refractivity contribution in [1.29, 1.82) is 5.26 Å². The molecule has 0 aliphatic heterocycles. The van der Waals surface area contributed by atoms with Crippen LogP contribution in [0.1, 0.15) is 125 Å². The number of benzene rings is 2. The van der Waals surface area contributed by atoms with Crippen molar-refractivity contribution in [1.82, 2.24) is 0 Å². The van der Waals surface area contributed by atoms with Crippen LogP contribution in [0.3, 0.4) is 0 Å². The van der Waals surface area contributed by atoms with Gasteiger partial charge in [-0.05, 0) is 73.1 Å². The van der Waals surface area contributed by atoms with Gasteiger partial charge in [-0.1, -0.05) is 97.0 Å². The fourth-order valence-electron chi connectivity index (χ4n) is 5.51. The highest BCUT2D eigenvalue weighted by atomic mass is 16.5. The van der Waals surface area contributed by atoms with Gasteiger partial charge in [0.05, 0.1) is 17.7 Å². The molecule has 0 spiro atoms. The van der Waals surface area contributed by atoms with Crippen LogP contribution in [0.4, 0.5) is 0 Å². The van der Waals surface area contributed by atoms with Crippen molar-refractivity contribution in [2.45, 2.75) is 110 Å². The maximum absolute atomic E-state index is 12.7. The lowest BCUT2D eigenvalue weighted by molar-refractivity contribution is 0.0734. The minimum atomic E-state index is -0.462. The number of rotatable bonds is 16. The summed E-state index contributed by atoms with van der Waals surface area (Å²) in [5.41, 5.74) is 2.00. The molecule has 0 amide bonds. The first-order valence-electron chi connectivity index (χ1n) is 15.1. The number of carbonyl (C=O) groups excluding carboxylic acids is 1. The van der Waals surface area contributed by atoms with Crippen LogP contribution in [0.15, 0.2) is 42.5 Å². The maximum atomic E-state index is 12.7. The molecule has 1 aliphatic carbocycles. The topological polar surface area (TPSA) is 59.3 Å². The zero-order valence-corrected chi connectivity index (χ0v) is 23.7. The molecule has 0 atom stereocenters. The van der Waals surface area contributed by atoms with E-state index in [4.69, 9.17) is 9.47 Å². The van der Waals surface area contributed by atoms with Crippen molar-refractivity contribution < 1.29 is 14.3 Å². The van der Waals surface area contributed by atoms with E-state index < -0.39 is 5.97 Å². The largest absolute Gasteiger partial charge is 0.494 e. The summed E-state index contributed by atoms with van der Waals surface area (Å²) in [6.45, 7) is 5.17. The van der Waals surface area contributed by atoms with E-state index in [-0.39, 0.29) is 0 Å². The summed E-state index contributed by atoms with van der Waals surface area (Å²) in [7, 11) is 0. The summed E-state index contributed by atoms with van der Waals surface area (Å²) in [5.74, 6) is 2.33. The molecule has 3 rings (SSSR count). The van der Waals surface area contributed by atoms with Gasteiger partial charge in [-0.2, -0.15) is 5.26 Å². The molecule has 0 saturated heterocycles. The van der Waals surface area contributed by atoms with Gasteiger partial charge in [0.25, 0.3) is 0 Å². The van der Waals surface area contributed by atoms with Gasteiger partial charge in [-0.3, -0.25) is 0 Å². The molecule has 0 heterocycles. The minimum absolute atomic E-state index is 0.321. The van der Waals surface area contributed by atoms with Crippen molar-refractivity contribution in [3.05, 3.63) is 59.2 Å². The number of nitriles is 1. The molecule has 0 unspecified atom stereocenters. The summed E-state index contributed by atoms with van der Waals surface area (Å²) < 4.78 is 11.4. The molecular formula is C34H47NO3. The first-order chi connectivity index (χ1) is 18.6. The Morgan fingerprint density at radius 2 is 1.50 bits per heavy atom. The molecule has 4 heteroatoms. The molecule has 1 aliphatic rings. The third-order valence-electron chi connectivity index (χ3n) is 8.00. The van der Waals surface area contributed by atoms with E-state index in [1.165, 1.54) is 83.5 Å². The maximum Gasteiger partial charge on any atom is 0.343 e. The number of carbonyl (C=O) groups is 1. The predicted molar refractivity (Wildman–Crippen MR) is 155 cm³/mol. The van der Waals surface area contributed by atoms with Crippen LogP contribution < -0.4 is 9.47 Å². The number of nitrogens with zero attached hydrogens (tertiary/aromatic N) is 1. The zero-order valence-electron chi connectivity index (χ0n) is 23.7. The molecule has 0 bridgehead atoms. The third-order valence-corrected chi connectivity index (χ3v) is 8.00. The van der Waals surface area contributed by atoms with Gasteiger partial charge < -0.3 is 9.47 Å². The smallest absolute Gasteiger partial charge is 0.343 e. The first kappa shape index (κ1) is 29.8. The quantitative estimate of drug-likeness (QED) is 0.126. The Bertz CT molecular complexity index is 999. The minimum Gasteiger partial charge on any atom is -0.494 e. The number of hydrogen-bond acceptors (Lipinski definition) is 4. The van der Waals surface area contributed by atoms with Gasteiger partial charge >= 0.3 is 5.97 Å². The van der Waals surface area contributed by atoms with E-state index >= 15 is 0 Å². The Hall–Kier alpha value is -2.80. The van der Waals surface area contributed by atoms with Gasteiger partial charge in [0.2, 0.25) is 0 Å². The van der Waals surface area contributed by atoms with Gasteiger partial charge in [0, 0.05) is 0 Å². The number of ether oxygens (including phenoxy) is 2. The van der Waals surface area contributed by atoms with E-state index in [9.17, 15) is 10.1 Å². The molecule has 0 radical (unpaired) electrons. The van der Waals surface area contributed by atoms with E-state index in [0.29, 0.717) is 23.5 Å². The predicted octanol–water partition coefficient (Wildman–Crippen LogP) is 9.45. The van der Waals surface area contributed by atoms with Crippen LogP contribution in [-0.2, 0) is 6.42 Å². The van der Waals surface area contributed by atoms with E-state index in [1.54, 1.807) is 30.3 Å². The summed E-state index contributed by atoms with van der Waals surface area (Å²) in [6, 6.07) is 14.9.